The van der Waals surface area contributed by atoms with Crippen LogP contribution < -0.4 is 10.6 Å². The summed E-state index contributed by atoms with van der Waals surface area (Å²) >= 11 is 0. The highest BCUT2D eigenvalue weighted by Gasteiger charge is 2.08. The summed E-state index contributed by atoms with van der Waals surface area (Å²) in [5.41, 5.74) is 5.58. The number of nitrogens with one attached hydrogen (secondary N) is 2. The van der Waals surface area contributed by atoms with Crippen molar-refractivity contribution < 1.29 is 0 Å². The van der Waals surface area contributed by atoms with Crippen LogP contribution >= 0.6 is 0 Å². The van der Waals surface area contributed by atoms with Gasteiger partial charge in [-0.3, -0.25) is 0 Å². The fourth-order valence-corrected chi connectivity index (χ4v) is 2.72. The molecule has 0 aliphatic heterocycles. The van der Waals surface area contributed by atoms with Crippen LogP contribution in [0.4, 0.5) is 23.1 Å². The largest absolute Gasteiger partial charge is 0.338 e. The van der Waals surface area contributed by atoms with E-state index in [1.807, 2.05) is 43.3 Å². The maximum Gasteiger partial charge on any atom is 0.227 e. The van der Waals surface area contributed by atoms with Crippen LogP contribution in [0.25, 0.3) is 11.0 Å². The molecular weight excluding hydrogens is 324 g/mol. The lowest BCUT2D eigenvalue weighted by molar-refractivity contribution is 1.15. The lowest BCUT2D eigenvalue weighted by atomic mass is 10.2. The van der Waals surface area contributed by atoms with E-state index in [9.17, 15) is 0 Å². The van der Waals surface area contributed by atoms with Crippen LogP contribution in [-0.2, 0) is 0 Å². The number of hydrogen-bond acceptors (Lipinski definition) is 6. The van der Waals surface area contributed by atoms with E-state index < -0.39 is 0 Å². The van der Waals surface area contributed by atoms with Crippen LogP contribution in [-0.4, -0.2) is 19.9 Å². The zero-order valence-electron chi connectivity index (χ0n) is 14.6. The van der Waals surface area contributed by atoms with Gasteiger partial charge in [0.25, 0.3) is 0 Å². The van der Waals surface area contributed by atoms with E-state index in [1.54, 1.807) is 6.20 Å². The van der Waals surface area contributed by atoms with Crippen molar-refractivity contribution in [2.45, 2.75) is 13.8 Å². The van der Waals surface area contributed by atoms with Gasteiger partial charge in [0.1, 0.15) is 17.4 Å². The van der Waals surface area contributed by atoms with Crippen LogP contribution in [0, 0.1) is 13.8 Å². The van der Waals surface area contributed by atoms with Crippen LogP contribution in [0.5, 0.6) is 0 Å². The van der Waals surface area contributed by atoms with E-state index in [-0.39, 0.29) is 0 Å². The molecule has 0 spiro atoms. The first kappa shape index (κ1) is 16.0. The number of anilines is 4. The molecule has 6 nitrogen and oxygen atoms in total. The smallest absolute Gasteiger partial charge is 0.227 e. The molecule has 2 aromatic carbocycles. The standard InChI is InChI=1S/C20H18N6/c1-13-5-3-7-15(9-13)24-19-18-17(22-12-23-19)11-21-20(26-18)25-16-8-4-6-14(2)10-16/h3-12H,1-2H3,(H,21,25,26)(H,22,23,24). The minimum absolute atomic E-state index is 0.505. The highest BCUT2D eigenvalue weighted by Crippen LogP contribution is 2.23. The minimum atomic E-state index is 0.505. The first-order valence-electron chi connectivity index (χ1n) is 8.32. The molecule has 2 heterocycles. The SMILES string of the molecule is Cc1cccc(Nc2ncc3ncnc(Nc4cccc(C)c4)c3n2)c1. The molecule has 4 rings (SSSR count). The zero-order valence-corrected chi connectivity index (χ0v) is 14.6. The fourth-order valence-electron chi connectivity index (χ4n) is 2.72. The summed E-state index contributed by atoms with van der Waals surface area (Å²) in [7, 11) is 0. The lowest BCUT2D eigenvalue weighted by Gasteiger charge is -2.10. The summed E-state index contributed by atoms with van der Waals surface area (Å²) in [6.07, 6.45) is 3.21. The number of hydrogen-bond donors (Lipinski definition) is 2. The Labute approximate surface area is 151 Å². The molecule has 4 aromatic rings. The average molecular weight is 342 g/mol. The summed E-state index contributed by atoms with van der Waals surface area (Å²) in [6, 6.07) is 16.2. The zero-order chi connectivity index (χ0) is 17.9. The molecule has 26 heavy (non-hydrogen) atoms. The molecule has 0 bridgehead atoms. The molecule has 0 radical (unpaired) electrons. The molecule has 0 aliphatic rings. The van der Waals surface area contributed by atoms with Gasteiger partial charge < -0.3 is 10.6 Å². The Balaban J connectivity index is 1.70. The Hall–Kier alpha value is -3.54. The molecule has 0 saturated carbocycles. The third-order valence-corrected chi connectivity index (χ3v) is 3.93. The molecule has 0 aliphatic carbocycles. The predicted molar refractivity (Wildman–Crippen MR) is 104 cm³/mol. The van der Waals surface area contributed by atoms with Crippen molar-refractivity contribution in [2.75, 3.05) is 10.6 Å². The van der Waals surface area contributed by atoms with Gasteiger partial charge in [-0.25, -0.2) is 19.9 Å². The van der Waals surface area contributed by atoms with Crippen LogP contribution in [0.15, 0.2) is 61.1 Å². The van der Waals surface area contributed by atoms with Gasteiger partial charge in [-0.2, -0.15) is 0 Å². The second-order valence-electron chi connectivity index (χ2n) is 6.14. The molecule has 0 amide bonds. The van der Waals surface area contributed by atoms with Gasteiger partial charge in [0.15, 0.2) is 5.82 Å². The summed E-state index contributed by atoms with van der Waals surface area (Å²) in [5, 5.41) is 6.55. The first-order chi connectivity index (χ1) is 12.7. The second kappa shape index (κ2) is 6.76. The van der Waals surface area contributed by atoms with Crippen molar-refractivity contribution in [2.24, 2.45) is 0 Å². The second-order valence-corrected chi connectivity index (χ2v) is 6.14. The van der Waals surface area contributed by atoms with Crippen LogP contribution in [0.1, 0.15) is 11.1 Å². The summed E-state index contributed by atoms with van der Waals surface area (Å²) in [4.78, 5) is 17.6. The predicted octanol–water partition coefficient (Wildman–Crippen LogP) is 4.52. The van der Waals surface area contributed by atoms with Crippen molar-refractivity contribution in [3.05, 3.63) is 72.2 Å². The van der Waals surface area contributed by atoms with Gasteiger partial charge >= 0.3 is 0 Å². The Bertz CT molecular complexity index is 1080. The number of rotatable bonds is 4. The van der Waals surface area contributed by atoms with Gasteiger partial charge in [-0.05, 0) is 49.2 Å². The Morgan fingerprint density at radius 2 is 1.46 bits per heavy atom. The average Bonchev–Trinajstić information content (AvgIpc) is 2.62. The van der Waals surface area contributed by atoms with Crippen molar-refractivity contribution >= 4 is 34.2 Å². The lowest BCUT2D eigenvalue weighted by Crippen LogP contribution is -2.02. The molecule has 128 valence electrons. The maximum atomic E-state index is 4.61. The van der Waals surface area contributed by atoms with E-state index >= 15 is 0 Å². The summed E-state index contributed by atoms with van der Waals surface area (Å²) < 4.78 is 0. The topological polar surface area (TPSA) is 75.6 Å². The molecule has 0 saturated heterocycles. The highest BCUT2D eigenvalue weighted by molar-refractivity contribution is 5.87. The minimum Gasteiger partial charge on any atom is -0.338 e. The number of benzene rings is 2. The molecule has 2 N–H and O–H groups in total. The van der Waals surface area contributed by atoms with Crippen molar-refractivity contribution in [3.8, 4) is 0 Å². The first-order valence-corrected chi connectivity index (χ1v) is 8.32. The maximum absolute atomic E-state index is 4.61. The van der Waals surface area contributed by atoms with Crippen molar-refractivity contribution in [1.29, 1.82) is 0 Å². The summed E-state index contributed by atoms with van der Waals surface area (Å²) in [6.45, 7) is 4.10. The van der Waals surface area contributed by atoms with Gasteiger partial charge in [0.05, 0.1) is 6.20 Å². The molecule has 0 fully saturated rings. The van der Waals surface area contributed by atoms with Crippen LogP contribution in [0.2, 0.25) is 0 Å². The quantitative estimate of drug-likeness (QED) is 0.568. The molecular formula is C20H18N6. The highest BCUT2D eigenvalue weighted by atomic mass is 15.1. The van der Waals surface area contributed by atoms with Crippen molar-refractivity contribution in [1.82, 2.24) is 19.9 Å². The number of aryl methyl sites for hydroxylation is 2. The number of aromatic nitrogens is 4. The molecule has 6 heteroatoms. The number of nitrogens with zero attached hydrogens (tertiary/aromatic N) is 4. The monoisotopic (exact) mass is 342 g/mol. The van der Waals surface area contributed by atoms with E-state index in [1.165, 1.54) is 17.5 Å². The van der Waals surface area contributed by atoms with Crippen LogP contribution in [0.3, 0.4) is 0 Å². The normalized spacial score (nSPS) is 10.7. The van der Waals surface area contributed by atoms with E-state index in [4.69, 9.17) is 0 Å². The Morgan fingerprint density at radius 3 is 2.15 bits per heavy atom. The van der Waals surface area contributed by atoms with E-state index in [0.29, 0.717) is 22.8 Å². The molecule has 2 aromatic heterocycles. The fraction of sp³-hybridized carbons (Fsp3) is 0.100. The third kappa shape index (κ3) is 3.44. The summed E-state index contributed by atoms with van der Waals surface area (Å²) in [5.74, 6) is 1.15. The third-order valence-electron chi connectivity index (χ3n) is 3.93. The van der Waals surface area contributed by atoms with E-state index in [0.717, 1.165) is 11.4 Å². The Kier molecular flexibility index (Phi) is 4.15. The van der Waals surface area contributed by atoms with E-state index in [2.05, 4.69) is 49.6 Å². The molecule has 0 unspecified atom stereocenters. The number of fused-ring (bicyclic) bond motifs is 1. The van der Waals surface area contributed by atoms with Gasteiger partial charge in [-0.1, -0.05) is 24.3 Å². The Morgan fingerprint density at radius 1 is 0.769 bits per heavy atom. The van der Waals surface area contributed by atoms with Crippen molar-refractivity contribution in [3.63, 3.8) is 0 Å². The van der Waals surface area contributed by atoms with Gasteiger partial charge in [-0.15, -0.1) is 0 Å². The van der Waals surface area contributed by atoms with Gasteiger partial charge in [0.2, 0.25) is 5.95 Å². The van der Waals surface area contributed by atoms with Gasteiger partial charge in [0, 0.05) is 11.4 Å². The molecule has 0 atom stereocenters.